The van der Waals surface area contributed by atoms with Gasteiger partial charge in [0.15, 0.2) is 0 Å². The topological polar surface area (TPSA) is 71.4 Å². The van der Waals surface area contributed by atoms with Gasteiger partial charge in [-0.2, -0.15) is 4.79 Å². The fourth-order valence-corrected chi connectivity index (χ4v) is 0.543. The third-order valence-corrected chi connectivity index (χ3v) is 1.00. The van der Waals surface area contributed by atoms with Crippen LogP contribution in [0.2, 0.25) is 0 Å². The van der Waals surface area contributed by atoms with Gasteiger partial charge >= 0.3 is 22.9 Å². The molecule has 0 atom stereocenters. The van der Waals surface area contributed by atoms with Crippen LogP contribution >= 0.6 is 0 Å². The van der Waals surface area contributed by atoms with Gasteiger partial charge in [0.25, 0.3) is 0 Å². The predicted octanol–water partition coefficient (Wildman–Crippen LogP) is -0.859. The van der Waals surface area contributed by atoms with E-state index in [9.17, 15) is 14.4 Å². The van der Waals surface area contributed by atoms with Crippen LogP contribution in [-0.2, 0) is 14.4 Å². The first-order valence-corrected chi connectivity index (χ1v) is 2.34. The van der Waals surface area contributed by atoms with E-state index in [1.807, 2.05) is 0 Å². The van der Waals surface area contributed by atoms with Crippen LogP contribution in [-0.4, -0.2) is 22.6 Å². The zero-order valence-electron chi connectivity index (χ0n) is 4.67. The van der Waals surface area contributed by atoms with Gasteiger partial charge in [-0.15, -0.1) is 0 Å². The highest BCUT2D eigenvalue weighted by atomic mass is 16.3. The fourth-order valence-electron chi connectivity index (χ4n) is 0.543. The van der Waals surface area contributed by atoms with Gasteiger partial charge in [-0.1, -0.05) is 0 Å². The molecule has 0 spiro atoms. The van der Waals surface area contributed by atoms with Gasteiger partial charge < -0.3 is 5.11 Å². The van der Waals surface area contributed by atoms with Crippen molar-refractivity contribution >= 4 is 17.5 Å². The van der Waals surface area contributed by atoms with E-state index in [-0.39, 0.29) is 0 Å². The van der Waals surface area contributed by atoms with Crippen molar-refractivity contribution < 1.29 is 19.5 Å². The second-order valence-corrected chi connectivity index (χ2v) is 1.61. The third kappa shape index (κ3) is 0.650. The molecule has 0 aromatic carbocycles. The number of aliphatic hydroxyl groups excluding tert-OH is 1. The fraction of sp³-hybridized carbons (Fsp3) is 0. The average molecular weight is 137 g/mol. The van der Waals surface area contributed by atoms with Gasteiger partial charge in [0.1, 0.15) is 6.08 Å². The van der Waals surface area contributed by atoms with Gasteiger partial charge in [-0.25, -0.2) is 9.59 Å². The maximum atomic E-state index is 10.5. The zero-order chi connectivity index (χ0) is 7.72. The van der Waals surface area contributed by atoms with Crippen molar-refractivity contribution in [3.8, 4) is 0 Å². The van der Waals surface area contributed by atoms with Crippen molar-refractivity contribution in [1.29, 1.82) is 0 Å². The smallest absolute Gasteiger partial charge is 0.408 e. The number of hydrogen-bond donors (Lipinski definition) is 1. The molecule has 0 aromatic heterocycles. The highest BCUT2D eigenvalue weighted by Gasteiger charge is 2.44. The summed E-state index contributed by atoms with van der Waals surface area (Å²) < 4.78 is 0. The molecule has 0 heterocycles. The predicted molar refractivity (Wildman–Crippen MR) is 28.6 cm³/mol. The number of ketones is 2. The Hall–Kier alpha value is -1.76. The number of carbonyl (C=O) groups is 2. The monoisotopic (exact) mass is 137 g/mol. The van der Waals surface area contributed by atoms with Crippen LogP contribution in [0.5, 0.6) is 0 Å². The molecule has 0 bridgehead atoms. The Morgan fingerprint density at radius 2 is 2.00 bits per heavy atom. The lowest BCUT2D eigenvalue weighted by Crippen LogP contribution is -2.07. The molecule has 0 fully saturated rings. The highest BCUT2D eigenvalue weighted by Crippen LogP contribution is 2.11. The lowest BCUT2D eigenvalue weighted by atomic mass is 10.2. The van der Waals surface area contributed by atoms with Gasteiger partial charge in [0.2, 0.25) is 5.94 Å². The summed E-state index contributed by atoms with van der Waals surface area (Å²) in [5.41, 5.74) is -0.634. The Morgan fingerprint density at radius 1 is 1.40 bits per heavy atom. The summed E-state index contributed by atoms with van der Waals surface area (Å²) in [6.45, 7) is 0. The molecular weight excluding hydrogens is 136 g/mol. The van der Waals surface area contributed by atoms with Crippen molar-refractivity contribution in [1.82, 2.24) is 0 Å². The van der Waals surface area contributed by atoms with E-state index in [2.05, 4.69) is 0 Å². The molecular formula is C6HO4+. The van der Waals surface area contributed by atoms with Crippen molar-refractivity contribution in [3.63, 3.8) is 0 Å². The number of allylic oxidation sites excluding steroid dienone is 2. The van der Waals surface area contributed by atoms with Gasteiger partial charge in [0.05, 0.1) is 0 Å². The van der Waals surface area contributed by atoms with Crippen LogP contribution in [0.3, 0.4) is 0 Å². The van der Waals surface area contributed by atoms with Crippen LogP contribution in [0.25, 0.3) is 0 Å². The summed E-state index contributed by atoms with van der Waals surface area (Å²) >= 11 is 0. The molecule has 4 nitrogen and oxygen atoms in total. The van der Waals surface area contributed by atoms with Crippen LogP contribution in [0.1, 0.15) is 0 Å². The standard InChI is InChI=1S/C6O4/c7-2-3-4(8)1-5(9)6(3)10/p+1. The summed E-state index contributed by atoms with van der Waals surface area (Å²) in [4.78, 5) is 30.6. The van der Waals surface area contributed by atoms with E-state index >= 15 is 0 Å². The van der Waals surface area contributed by atoms with Gasteiger partial charge in [0, 0.05) is 0 Å². The molecule has 0 saturated carbocycles. The van der Waals surface area contributed by atoms with Crippen LogP contribution in [0.4, 0.5) is 0 Å². The lowest BCUT2D eigenvalue weighted by Gasteiger charge is -1.69. The summed E-state index contributed by atoms with van der Waals surface area (Å²) in [5, 5.41) is 8.59. The van der Waals surface area contributed by atoms with E-state index in [0.29, 0.717) is 0 Å². The quantitative estimate of drug-likeness (QED) is 0.204. The SMILES string of the molecule is O=C=C1C(=O)C(=O)[C+]=C1O. The molecule has 1 aliphatic carbocycles. The Kier molecular flexibility index (Phi) is 1.20. The molecule has 48 valence electrons. The first kappa shape index (κ1) is 6.36. The lowest BCUT2D eigenvalue weighted by molar-refractivity contribution is -0.131. The second kappa shape index (κ2) is 1.88. The molecule has 10 heavy (non-hydrogen) atoms. The molecule has 0 aromatic rings. The minimum atomic E-state index is -1.05. The number of Topliss-reactive ketones (excluding diaryl/α,β-unsaturated/α-hetero) is 2. The van der Waals surface area contributed by atoms with E-state index in [1.54, 1.807) is 6.08 Å². The van der Waals surface area contributed by atoms with Crippen molar-refractivity contribution in [2.75, 3.05) is 0 Å². The summed E-state index contributed by atoms with van der Waals surface area (Å²) in [6, 6.07) is 0. The van der Waals surface area contributed by atoms with Crippen molar-refractivity contribution in [3.05, 3.63) is 17.4 Å². The van der Waals surface area contributed by atoms with Gasteiger partial charge in [-0.05, 0) is 0 Å². The number of carbonyl (C=O) groups excluding carboxylic acids is 3. The normalized spacial score (nSPS) is 16.4. The van der Waals surface area contributed by atoms with Crippen molar-refractivity contribution in [2.45, 2.75) is 0 Å². The van der Waals surface area contributed by atoms with E-state index in [1.165, 1.54) is 0 Å². The van der Waals surface area contributed by atoms with Crippen molar-refractivity contribution in [2.24, 2.45) is 0 Å². The first-order chi connectivity index (χ1) is 4.66. The second-order valence-electron chi connectivity index (χ2n) is 1.61. The molecule has 0 radical (unpaired) electrons. The first-order valence-electron chi connectivity index (χ1n) is 2.34. The summed E-state index contributed by atoms with van der Waals surface area (Å²) in [7, 11) is 0. The molecule has 1 N–H and O–H groups in total. The Balaban J connectivity index is 3.25. The minimum Gasteiger partial charge on any atom is -0.479 e. The average Bonchev–Trinajstić information content (AvgIpc) is 2.09. The summed E-state index contributed by atoms with van der Waals surface area (Å²) in [5.74, 6) is -1.63. The minimum absolute atomic E-state index is 0.634. The Bertz CT molecular complexity index is 291. The molecule has 1 rings (SSSR count). The Labute approximate surface area is 55.5 Å². The van der Waals surface area contributed by atoms with Crippen LogP contribution < -0.4 is 0 Å². The molecule has 1 aliphatic rings. The van der Waals surface area contributed by atoms with Crippen LogP contribution in [0, 0.1) is 6.08 Å². The molecule has 4 heteroatoms. The molecule has 0 saturated heterocycles. The molecule has 0 amide bonds. The van der Waals surface area contributed by atoms with Gasteiger partial charge in [-0.3, -0.25) is 0 Å². The Morgan fingerprint density at radius 3 is 2.20 bits per heavy atom. The van der Waals surface area contributed by atoms with E-state index in [0.717, 1.165) is 5.94 Å². The molecule has 0 aliphatic heterocycles. The van der Waals surface area contributed by atoms with E-state index in [4.69, 9.17) is 5.11 Å². The number of aliphatic hydroxyl groups is 1. The van der Waals surface area contributed by atoms with Crippen LogP contribution in [0.15, 0.2) is 11.3 Å². The zero-order valence-corrected chi connectivity index (χ0v) is 4.67. The number of hydrogen-bond acceptors (Lipinski definition) is 4. The van der Waals surface area contributed by atoms with E-state index < -0.39 is 22.9 Å². The molecule has 0 unspecified atom stereocenters. The summed E-state index contributed by atoms with van der Waals surface area (Å²) in [6.07, 6.45) is 1.75. The highest BCUT2D eigenvalue weighted by molar-refractivity contribution is 6.51. The largest absolute Gasteiger partial charge is 0.479 e. The maximum Gasteiger partial charge on any atom is 0.408 e. The third-order valence-electron chi connectivity index (χ3n) is 1.00. The number of rotatable bonds is 0. The maximum absolute atomic E-state index is 10.5.